The van der Waals surface area contributed by atoms with Crippen molar-refractivity contribution in [3.63, 3.8) is 0 Å². The molecule has 0 aliphatic carbocycles. The van der Waals surface area contributed by atoms with E-state index in [4.69, 9.17) is 11.6 Å². The number of hydrogen-bond acceptors (Lipinski definition) is 2. The first kappa shape index (κ1) is 14.0. The second-order valence-corrected chi connectivity index (χ2v) is 5.72. The van der Waals surface area contributed by atoms with Gasteiger partial charge in [-0.15, -0.1) is 0 Å². The summed E-state index contributed by atoms with van der Waals surface area (Å²) in [6.07, 6.45) is 0.890. The third-order valence-corrected chi connectivity index (χ3v) is 4.10. The van der Waals surface area contributed by atoms with E-state index in [1.165, 1.54) is 0 Å². The fraction of sp³-hybridized carbons (Fsp3) is 0.235. The maximum atomic E-state index is 12.2. The molecule has 1 amide bonds. The van der Waals surface area contributed by atoms with Gasteiger partial charge in [0, 0.05) is 36.4 Å². The summed E-state index contributed by atoms with van der Waals surface area (Å²) in [4.78, 5) is 13.9. The molecule has 3 nitrogen and oxygen atoms in total. The summed E-state index contributed by atoms with van der Waals surface area (Å²) < 4.78 is 0. The minimum absolute atomic E-state index is 0.103. The van der Waals surface area contributed by atoms with Gasteiger partial charge in [0.25, 0.3) is 5.91 Å². The number of fused-ring (bicyclic) bond motifs is 1. The number of halogens is 1. The van der Waals surface area contributed by atoms with Gasteiger partial charge < -0.3 is 10.2 Å². The molecule has 4 heteroatoms. The number of rotatable bonds is 3. The van der Waals surface area contributed by atoms with Crippen LogP contribution in [-0.4, -0.2) is 24.4 Å². The highest BCUT2D eigenvalue weighted by Gasteiger charge is 2.23. The van der Waals surface area contributed by atoms with E-state index in [1.54, 1.807) is 4.90 Å². The van der Waals surface area contributed by atoms with Crippen LogP contribution >= 0.6 is 11.6 Å². The molecular formula is C17H17ClN2O. The Morgan fingerprint density at radius 3 is 2.71 bits per heavy atom. The van der Waals surface area contributed by atoms with Crippen molar-refractivity contribution in [1.29, 1.82) is 0 Å². The Balaban J connectivity index is 1.80. The fourth-order valence-corrected chi connectivity index (χ4v) is 2.73. The Bertz CT molecular complexity index is 667. The van der Waals surface area contributed by atoms with E-state index in [0.717, 1.165) is 46.9 Å². The Kier molecular flexibility index (Phi) is 3.84. The van der Waals surface area contributed by atoms with Gasteiger partial charge in [0.05, 0.1) is 0 Å². The lowest BCUT2D eigenvalue weighted by Gasteiger charge is -2.26. The highest BCUT2D eigenvalue weighted by atomic mass is 35.5. The van der Waals surface area contributed by atoms with E-state index in [1.807, 2.05) is 49.5 Å². The summed E-state index contributed by atoms with van der Waals surface area (Å²) in [7, 11) is 1.85. The number of likely N-dealkylation sites (N-methyl/N-ethyl adjacent to an activating group) is 1. The number of nitrogens with zero attached hydrogens (tertiary/aromatic N) is 1. The van der Waals surface area contributed by atoms with Crippen LogP contribution in [0.25, 0.3) is 0 Å². The van der Waals surface area contributed by atoms with Crippen LogP contribution in [0.3, 0.4) is 0 Å². The normalized spacial score (nSPS) is 14.0. The van der Waals surface area contributed by atoms with Crippen molar-refractivity contribution in [2.75, 3.05) is 18.9 Å². The van der Waals surface area contributed by atoms with Crippen molar-refractivity contribution in [2.24, 2.45) is 0 Å². The number of benzene rings is 2. The molecule has 21 heavy (non-hydrogen) atoms. The van der Waals surface area contributed by atoms with Gasteiger partial charge in [-0.2, -0.15) is 0 Å². The van der Waals surface area contributed by atoms with Gasteiger partial charge in [-0.05, 0) is 41.8 Å². The molecule has 0 saturated carbocycles. The minimum Gasteiger partial charge on any atom is -0.381 e. The van der Waals surface area contributed by atoms with Crippen molar-refractivity contribution in [2.45, 2.75) is 13.0 Å². The molecule has 2 aromatic rings. The minimum atomic E-state index is 0.103. The SMILES string of the molecule is CN1CCc2c(NCc3ccc(Cl)cc3)cccc2C1=O. The molecule has 1 aliphatic heterocycles. The molecule has 0 atom stereocenters. The molecule has 0 bridgehead atoms. The van der Waals surface area contributed by atoms with Gasteiger partial charge in [0.1, 0.15) is 0 Å². The summed E-state index contributed by atoms with van der Waals surface area (Å²) in [5.41, 5.74) is 4.14. The van der Waals surface area contributed by atoms with Crippen molar-refractivity contribution in [3.05, 3.63) is 64.2 Å². The predicted molar refractivity (Wildman–Crippen MR) is 85.9 cm³/mol. The van der Waals surface area contributed by atoms with Crippen molar-refractivity contribution in [1.82, 2.24) is 4.90 Å². The monoisotopic (exact) mass is 300 g/mol. The molecule has 0 fully saturated rings. The summed E-state index contributed by atoms with van der Waals surface area (Å²) in [5.74, 6) is 0.103. The van der Waals surface area contributed by atoms with Crippen LogP contribution in [0, 0.1) is 0 Å². The van der Waals surface area contributed by atoms with Crippen LogP contribution in [0.15, 0.2) is 42.5 Å². The summed E-state index contributed by atoms with van der Waals surface area (Å²) in [6, 6.07) is 13.6. The lowest BCUT2D eigenvalue weighted by Crippen LogP contribution is -2.34. The first-order chi connectivity index (χ1) is 10.1. The van der Waals surface area contributed by atoms with Crippen LogP contribution in [0.5, 0.6) is 0 Å². The Morgan fingerprint density at radius 2 is 1.95 bits per heavy atom. The maximum absolute atomic E-state index is 12.2. The van der Waals surface area contributed by atoms with Crippen LogP contribution in [-0.2, 0) is 13.0 Å². The number of hydrogen-bond donors (Lipinski definition) is 1. The van der Waals surface area contributed by atoms with E-state index in [-0.39, 0.29) is 5.91 Å². The molecule has 1 N–H and O–H groups in total. The first-order valence-corrected chi connectivity index (χ1v) is 7.38. The first-order valence-electron chi connectivity index (χ1n) is 7.01. The molecule has 108 valence electrons. The number of anilines is 1. The van der Waals surface area contributed by atoms with Gasteiger partial charge in [0.2, 0.25) is 0 Å². The van der Waals surface area contributed by atoms with Crippen LogP contribution in [0.1, 0.15) is 21.5 Å². The predicted octanol–water partition coefficient (Wildman–Crippen LogP) is 3.58. The number of nitrogens with one attached hydrogen (secondary N) is 1. The lowest BCUT2D eigenvalue weighted by atomic mass is 9.97. The van der Waals surface area contributed by atoms with E-state index in [9.17, 15) is 4.79 Å². The number of amides is 1. The summed E-state index contributed by atoms with van der Waals surface area (Å²) in [5, 5.41) is 4.17. The van der Waals surface area contributed by atoms with Gasteiger partial charge in [0.15, 0.2) is 0 Å². The molecular weight excluding hydrogens is 284 g/mol. The average molecular weight is 301 g/mol. The zero-order chi connectivity index (χ0) is 14.8. The topological polar surface area (TPSA) is 32.3 Å². The number of carbonyl (C=O) groups excluding carboxylic acids is 1. The zero-order valence-corrected chi connectivity index (χ0v) is 12.7. The highest BCUT2D eigenvalue weighted by Crippen LogP contribution is 2.26. The molecule has 3 rings (SSSR count). The van der Waals surface area contributed by atoms with Gasteiger partial charge >= 0.3 is 0 Å². The van der Waals surface area contributed by atoms with E-state index in [0.29, 0.717) is 0 Å². The van der Waals surface area contributed by atoms with Gasteiger partial charge in [-0.25, -0.2) is 0 Å². The third-order valence-electron chi connectivity index (χ3n) is 3.85. The largest absolute Gasteiger partial charge is 0.381 e. The van der Waals surface area contributed by atoms with Crippen LogP contribution in [0.2, 0.25) is 5.02 Å². The summed E-state index contributed by atoms with van der Waals surface area (Å²) >= 11 is 5.89. The molecule has 1 aliphatic rings. The van der Waals surface area contributed by atoms with E-state index < -0.39 is 0 Å². The highest BCUT2D eigenvalue weighted by molar-refractivity contribution is 6.30. The van der Waals surface area contributed by atoms with E-state index in [2.05, 4.69) is 5.32 Å². The number of carbonyl (C=O) groups is 1. The maximum Gasteiger partial charge on any atom is 0.253 e. The smallest absolute Gasteiger partial charge is 0.253 e. The lowest BCUT2D eigenvalue weighted by molar-refractivity contribution is 0.0781. The molecule has 1 heterocycles. The summed E-state index contributed by atoms with van der Waals surface area (Å²) in [6.45, 7) is 1.49. The quantitative estimate of drug-likeness (QED) is 0.939. The Morgan fingerprint density at radius 1 is 1.19 bits per heavy atom. The molecule has 2 aromatic carbocycles. The van der Waals surface area contributed by atoms with Crippen molar-refractivity contribution >= 4 is 23.2 Å². The van der Waals surface area contributed by atoms with Crippen LogP contribution < -0.4 is 5.32 Å². The fourth-order valence-electron chi connectivity index (χ4n) is 2.61. The molecule has 0 unspecified atom stereocenters. The average Bonchev–Trinajstić information content (AvgIpc) is 2.50. The zero-order valence-electron chi connectivity index (χ0n) is 11.9. The van der Waals surface area contributed by atoms with Crippen LogP contribution in [0.4, 0.5) is 5.69 Å². The molecule has 0 aromatic heterocycles. The Labute approximate surface area is 129 Å². The third kappa shape index (κ3) is 2.88. The van der Waals surface area contributed by atoms with Gasteiger partial charge in [-0.1, -0.05) is 29.8 Å². The van der Waals surface area contributed by atoms with Crippen molar-refractivity contribution in [3.8, 4) is 0 Å². The second-order valence-electron chi connectivity index (χ2n) is 5.29. The molecule has 0 radical (unpaired) electrons. The van der Waals surface area contributed by atoms with Gasteiger partial charge in [-0.3, -0.25) is 4.79 Å². The van der Waals surface area contributed by atoms with E-state index >= 15 is 0 Å². The van der Waals surface area contributed by atoms with Crippen molar-refractivity contribution < 1.29 is 4.79 Å². The Hall–Kier alpha value is -2.00. The molecule has 0 saturated heterocycles. The standard InChI is InChI=1S/C17H17ClN2O/c1-20-10-9-14-15(17(20)21)3-2-4-16(14)19-11-12-5-7-13(18)8-6-12/h2-8,19H,9-11H2,1H3. The second kappa shape index (κ2) is 5.78. The molecule has 0 spiro atoms.